The van der Waals surface area contributed by atoms with Crippen molar-refractivity contribution in [1.29, 1.82) is 0 Å². The Balaban J connectivity index is 1.90. The average Bonchev–Trinajstić information content (AvgIpc) is 2.91. The Hall–Kier alpha value is -1.98. The second-order valence-corrected chi connectivity index (χ2v) is 6.50. The monoisotopic (exact) mass is 345 g/mol. The van der Waals surface area contributed by atoms with Crippen molar-refractivity contribution < 1.29 is 0 Å². The number of aliphatic imine (C=N–C) groups is 1. The summed E-state index contributed by atoms with van der Waals surface area (Å²) in [6.45, 7) is 3.96. The lowest BCUT2D eigenvalue weighted by atomic mass is 10.1. The highest BCUT2D eigenvalue weighted by molar-refractivity contribution is 6.66. The third-order valence-electron chi connectivity index (χ3n) is 3.87. The molecule has 1 aliphatic rings. The summed E-state index contributed by atoms with van der Waals surface area (Å²) in [6.07, 6.45) is 0.471. The van der Waals surface area contributed by atoms with Gasteiger partial charge >= 0.3 is 0 Å². The highest BCUT2D eigenvalue weighted by Crippen LogP contribution is 2.34. The first-order valence-electron chi connectivity index (χ1n) is 7.24. The lowest BCUT2D eigenvalue weighted by Crippen LogP contribution is -2.11. The summed E-state index contributed by atoms with van der Waals surface area (Å²) in [5.74, 6) is 0.641. The van der Waals surface area contributed by atoms with E-state index in [1.54, 1.807) is 4.68 Å². The number of hydrogen-bond acceptors (Lipinski definition) is 4. The van der Waals surface area contributed by atoms with Crippen molar-refractivity contribution >= 4 is 45.2 Å². The van der Waals surface area contributed by atoms with E-state index >= 15 is 0 Å². The van der Waals surface area contributed by atoms with Crippen LogP contribution in [-0.4, -0.2) is 24.9 Å². The van der Waals surface area contributed by atoms with E-state index in [4.69, 9.17) is 28.2 Å². The SMILES string of the molecule is Cc1nc2c(C)cccc2nc1-c1cc2n(n1)C(Cl)CC(Cl)=N2. The highest BCUT2D eigenvalue weighted by Gasteiger charge is 2.23. The predicted octanol–water partition coefficient (Wildman–Crippen LogP) is 4.52. The van der Waals surface area contributed by atoms with E-state index in [0.717, 1.165) is 28.0 Å². The molecule has 0 fully saturated rings. The number of fused-ring (bicyclic) bond motifs is 2. The van der Waals surface area contributed by atoms with Gasteiger partial charge in [0.2, 0.25) is 0 Å². The molecule has 0 saturated carbocycles. The highest BCUT2D eigenvalue weighted by atomic mass is 35.5. The lowest BCUT2D eigenvalue weighted by molar-refractivity contribution is 0.603. The first-order chi connectivity index (χ1) is 11.0. The Bertz CT molecular complexity index is 961. The molecule has 0 N–H and O–H groups in total. The number of benzene rings is 1. The second kappa shape index (κ2) is 5.28. The molecule has 4 rings (SSSR count). The lowest BCUT2D eigenvalue weighted by Gasteiger charge is -2.15. The van der Waals surface area contributed by atoms with Gasteiger partial charge in [0.1, 0.15) is 22.1 Å². The van der Waals surface area contributed by atoms with Gasteiger partial charge in [0.15, 0.2) is 5.82 Å². The van der Waals surface area contributed by atoms with Crippen molar-refractivity contribution in [3.63, 3.8) is 0 Å². The number of alkyl halides is 1. The maximum absolute atomic E-state index is 6.30. The van der Waals surface area contributed by atoms with Gasteiger partial charge in [-0.1, -0.05) is 35.3 Å². The van der Waals surface area contributed by atoms with E-state index in [0.29, 0.717) is 23.1 Å². The van der Waals surface area contributed by atoms with Crippen LogP contribution in [0, 0.1) is 13.8 Å². The zero-order valence-electron chi connectivity index (χ0n) is 12.6. The average molecular weight is 346 g/mol. The maximum Gasteiger partial charge on any atom is 0.154 e. The Labute approximate surface area is 143 Å². The zero-order chi connectivity index (χ0) is 16.1. The van der Waals surface area contributed by atoms with Crippen LogP contribution < -0.4 is 0 Å². The van der Waals surface area contributed by atoms with Gasteiger partial charge in [0, 0.05) is 12.5 Å². The molecule has 0 saturated heterocycles. The molecule has 0 radical (unpaired) electrons. The van der Waals surface area contributed by atoms with Gasteiger partial charge in [0.05, 0.1) is 16.7 Å². The fourth-order valence-electron chi connectivity index (χ4n) is 2.73. The fourth-order valence-corrected chi connectivity index (χ4v) is 3.33. The summed E-state index contributed by atoms with van der Waals surface area (Å²) >= 11 is 12.3. The van der Waals surface area contributed by atoms with Gasteiger partial charge in [-0.25, -0.2) is 19.6 Å². The predicted molar refractivity (Wildman–Crippen MR) is 92.7 cm³/mol. The number of halogens is 2. The summed E-state index contributed by atoms with van der Waals surface area (Å²) < 4.78 is 1.67. The third kappa shape index (κ3) is 2.40. The van der Waals surface area contributed by atoms with Crippen molar-refractivity contribution in [1.82, 2.24) is 19.7 Å². The van der Waals surface area contributed by atoms with Crippen LogP contribution in [0.4, 0.5) is 5.82 Å². The minimum Gasteiger partial charge on any atom is -0.249 e. The minimum atomic E-state index is -0.334. The molecule has 0 spiro atoms. The molecule has 1 atom stereocenters. The summed E-state index contributed by atoms with van der Waals surface area (Å²) in [6, 6.07) is 7.80. The third-order valence-corrected chi connectivity index (χ3v) is 4.45. The smallest absolute Gasteiger partial charge is 0.154 e. The Morgan fingerprint density at radius 3 is 2.87 bits per heavy atom. The first kappa shape index (κ1) is 14.6. The number of hydrogen-bond donors (Lipinski definition) is 0. The number of para-hydroxylation sites is 1. The topological polar surface area (TPSA) is 56.0 Å². The van der Waals surface area contributed by atoms with Crippen LogP contribution in [0.3, 0.4) is 0 Å². The van der Waals surface area contributed by atoms with Crippen LogP contribution in [0.5, 0.6) is 0 Å². The quantitative estimate of drug-likeness (QED) is 0.609. The fraction of sp³-hybridized carbons (Fsp3) is 0.250. The molecule has 3 aromatic rings. The van der Waals surface area contributed by atoms with Gasteiger partial charge in [-0.15, -0.1) is 0 Å². The summed E-state index contributed by atoms with van der Waals surface area (Å²) in [5.41, 5.74) is 4.79. The summed E-state index contributed by atoms with van der Waals surface area (Å²) in [5, 5.41) is 5.03. The van der Waals surface area contributed by atoms with E-state index in [-0.39, 0.29) is 5.50 Å². The molecule has 1 unspecified atom stereocenters. The molecule has 1 aliphatic heterocycles. The number of rotatable bonds is 1. The minimum absolute atomic E-state index is 0.334. The zero-order valence-corrected chi connectivity index (χ0v) is 14.1. The second-order valence-electron chi connectivity index (χ2n) is 5.56. The van der Waals surface area contributed by atoms with Crippen LogP contribution in [0.1, 0.15) is 23.2 Å². The Morgan fingerprint density at radius 1 is 1.22 bits per heavy atom. The van der Waals surface area contributed by atoms with Crippen molar-refractivity contribution in [2.75, 3.05) is 0 Å². The molecule has 1 aromatic carbocycles. The maximum atomic E-state index is 6.30. The molecule has 3 heterocycles. The van der Waals surface area contributed by atoms with Gasteiger partial charge in [-0.3, -0.25) is 0 Å². The largest absolute Gasteiger partial charge is 0.249 e. The molecule has 0 aliphatic carbocycles. The van der Waals surface area contributed by atoms with E-state index in [1.165, 1.54) is 0 Å². The standard InChI is InChI=1S/C16H13Cl2N5/c1-8-4-3-5-10-15(8)19-9(2)16(20-10)11-6-14-21-12(17)7-13(18)23(14)22-11/h3-6,13H,7H2,1-2H3. The molecular formula is C16H13Cl2N5. The molecule has 5 nitrogen and oxygen atoms in total. The molecule has 0 amide bonds. The van der Waals surface area contributed by atoms with Crippen LogP contribution in [-0.2, 0) is 0 Å². The van der Waals surface area contributed by atoms with Crippen molar-refractivity contribution in [2.24, 2.45) is 4.99 Å². The summed E-state index contributed by atoms with van der Waals surface area (Å²) in [7, 11) is 0. The number of aryl methyl sites for hydroxylation is 2. The number of nitrogens with zero attached hydrogens (tertiary/aromatic N) is 5. The van der Waals surface area contributed by atoms with Gasteiger partial charge < -0.3 is 0 Å². The van der Waals surface area contributed by atoms with Gasteiger partial charge in [0.25, 0.3) is 0 Å². The van der Waals surface area contributed by atoms with Crippen LogP contribution in [0.15, 0.2) is 29.3 Å². The number of aromatic nitrogens is 4. The van der Waals surface area contributed by atoms with Crippen molar-refractivity contribution in [3.05, 3.63) is 35.5 Å². The van der Waals surface area contributed by atoms with Gasteiger partial charge in [-0.2, -0.15) is 5.10 Å². The molecule has 116 valence electrons. The molecule has 2 aromatic heterocycles. The van der Waals surface area contributed by atoms with Crippen LogP contribution in [0.25, 0.3) is 22.4 Å². The molecule has 23 heavy (non-hydrogen) atoms. The van der Waals surface area contributed by atoms with E-state index in [2.05, 4.69) is 15.1 Å². The molecule has 7 heteroatoms. The van der Waals surface area contributed by atoms with Crippen LogP contribution in [0.2, 0.25) is 0 Å². The van der Waals surface area contributed by atoms with Crippen molar-refractivity contribution in [3.8, 4) is 11.4 Å². The normalized spacial score (nSPS) is 17.2. The van der Waals surface area contributed by atoms with Crippen molar-refractivity contribution in [2.45, 2.75) is 25.8 Å². The van der Waals surface area contributed by atoms with Gasteiger partial charge in [-0.05, 0) is 25.5 Å². The Kier molecular flexibility index (Phi) is 3.36. The first-order valence-corrected chi connectivity index (χ1v) is 8.05. The van der Waals surface area contributed by atoms with E-state index < -0.39 is 0 Å². The summed E-state index contributed by atoms with van der Waals surface area (Å²) in [4.78, 5) is 13.7. The molecular weight excluding hydrogens is 333 g/mol. The van der Waals surface area contributed by atoms with E-state index in [9.17, 15) is 0 Å². The van der Waals surface area contributed by atoms with Crippen LogP contribution >= 0.6 is 23.2 Å². The Morgan fingerprint density at radius 2 is 2.04 bits per heavy atom. The van der Waals surface area contributed by atoms with E-state index in [1.807, 2.05) is 38.1 Å². The molecule has 0 bridgehead atoms.